The number of aromatic nitrogens is 1. The summed E-state index contributed by atoms with van der Waals surface area (Å²) in [5.41, 5.74) is 3.83. The van der Waals surface area contributed by atoms with Crippen molar-refractivity contribution in [1.29, 1.82) is 0 Å². The standard InChI is InChI=1S/C36H45NO5/c1-4-6-8-10-11-12-14-28-16-25-33(37-26-28)29-17-19-31(20-18-29)36(40)42-32-23-21-30(22-24-32)35(39)27(3)41-34(38)15-13-9-7-5-2/h16-27H,4-15H2,1-3H3. The van der Waals surface area contributed by atoms with Crippen LogP contribution in [-0.2, 0) is 16.0 Å². The van der Waals surface area contributed by atoms with E-state index in [2.05, 4.69) is 24.9 Å². The number of carbonyl (C=O) groups is 3. The molecule has 0 spiro atoms. The third-order valence-corrected chi connectivity index (χ3v) is 7.32. The number of carbonyl (C=O) groups excluding carboxylic acids is 3. The van der Waals surface area contributed by atoms with Crippen LogP contribution in [0.4, 0.5) is 0 Å². The number of hydrogen-bond acceptors (Lipinski definition) is 6. The van der Waals surface area contributed by atoms with Gasteiger partial charge < -0.3 is 9.47 Å². The van der Waals surface area contributed by atoms with Gasteiger partial charge >= 0.3 is 11.9 Å². The zero-order valence-corrected chi connectivity index (χ0v) is 25.4. The van der Waals surface area contributed by atoms with Gasteiger partial charge in [0.25, 0.3) is 0 Å². The number of Topliss-reactive ketones (excluding diaryl/α,β-unsaturated/α-hetero) is 1. The first kappa shape index (κ1) is 32.7. The van der Waals surface area contributed by atoms with Crippen molar-refractivity contribution in [2.24, 2.45) is 0 Å². The van der Waals surface area contributed by atoms with Crippen molar-refractivity contribution < 1.29 is 23.9 Å². The van der Waals surface area contributed by atoms with Crippen molar-refractivity contribution in [3.05, 3.63) is 83.6 Å². The highest BCUT2D eigenvalue weighted by atomic mass is 16.5. The molecular formula is C36H45NO5. The molecule has 1 unspecified atom stereocenters. The van der Waals surface area contributed by atoms with Crippen LogP contribution in [-0.4, -0.2) is 28.8 Å². The molecule has 0 radical (unpaired) electrons. The Kier molecular flexibility index (Phi) is 13.9. The van der Waals surface area contributed by atoms with Crippen molar-refractivity contribution in [3.63, 3.8) is 0 Å². The third-order valence-electron chi connectivity index (χ3n) is 7.32. The number of esters is 2. The Hall–Kier alpha value is -3.80. The smallest absolute Gasteiger partial charge is 0.343 e. The van der Waals surface area contributed by atoms with E-state index in [0.717, 1.165) is 43.4 Å². The predicted molar refractivity (Wildman–Crippen MR) is 167 cm³/mol. The van der Waals surface area contributed by atoms with E-state index in [4.69, 9.17) is 9.47 Å². The van der Waals surface area contributed by atoms with E-state index >= 15 is 0 Å². The Bertz CT molecular complexity index is 1250. The van der Waals surface area contributed by atoms with Gasteiger partial charge in [-0.15, -0.1) is 0 Å². The summed E-state index contributed by atoms with van der Waals surface area (Å²) in [7, 11) is 0. The predicted octanol–water partition coefficient (Wildman–Crippen LogP) is 8.96. The van der Waals surface area contributed by atoms with Gasteiger partial charge in [-0.25, -0.2) is 4.79 Å². The molecule has 1 atom stereocenters. The summed E-state index contributed by atoms with van der Waals surface area (Å²) in [6.45, 7) is 5.92. The lowest BCUT2D eigenvalue weighted by molar-refractivity contribution is -0.146. The topological polar surface area (TPSA) is 82.6 Å². The van der Waals surface area contributed by atoms with Crippen molar-refractivity contribution in [1.82, 2.24) is 4.98 Å². The minimum Gasteiger partial charge on any atom is -0.454 e. The van der Waals surface area contributed by atoms with E-state index in [9.17, 15) is 14.4 Å². The van der Waals surface area contributed by atoms with Gasteiger partial charge in [-0.1, -0.05) is 83.4 Å². The second-order valence-electron chi connectivity index (χ2n) is 10.9. The molecule has 42 heavy (non-hydrogen) atoms. The van der Waals surface area contributed by atoms with Crippen LogP contribution in [0.3, 0.4) is 0 Å². The Balaban J connectivity index is 1.47. The number of unbranched alkanes of at least 4 members (excludes halogenated alkanes) is 8. The number of ether oxygens (including phenoxy) is 2. The largest absolute Gasteiger partial charge is 0.454 e. The summed E-state index contributed by atoms with van der Waals surface area (Å²) in [6.07, 6.45) is 14.0. The molecule has 0 saturated carbocycles. The zero-order chi connectivity index (χ0) is 30.2. The van der Waals surface area contributed by atoms with E-state index in [1.54, 1.807) is 43.3 Å². The molecule has 0 bridgehead atoms. The van der Waals surface area contributed by atoms with Crippen LogP contribution in [0.2, 0.25) is 0 Å². The Morgan fingerprint density at radius 1 is 0.714 bits per heavy atom. The first-order chi connectivity index (χ1) is 20.4. The normalized spacial score (nSPS) is 11.6. The molecule has 0 fully saturated rings. The molecule has 0 N–H and O–H groups in total. The fourth-order valence-corrected chi connectivity index (χ4v) is 4.72. The SMILES string of the molecule is CCCCCCCCc1ccc(-c2ccc(C(=O)Oc3ccc(C(=O)C(C)OC(=O)CCCCCC)cc3)cc2)nc1. The lowest BCUT2D eigenvalue weighted by Crippen LogP contribution is -2.24. The van der Waals surface area contributed by atoms with Gasteiger partial charge in [-0.2, -0.15) is 0 Å². The second kappa shape index (κ2) is 17.9. The molecule has 0 amide bonds. The Morgan fingerprint density at radius 2 is 1.33 bits per heavy atom. The van der Waals surface area contributed by atoms with Gasteiger partial charge in [0.05, 0.1) is 11.3 Å². The molecule has 224 valence electrons. The fourth-order valence-electron chi connectivity index (χ4n) is 4.72. The maximum Gasteiger partial charge on any atom is 0.343 e. The number of rotatable bonds is 18. The van der Waals surface area contributed by atoms with Crippen molar-refractivity contribution in [2.75, 3.05) is 0 Å². The molecule has 0 aliphatic rings. The van der Waals surface area contributed by atoms with E-state index in [0.29, 0.717) is 23.3 Å². The maximum atomic E-state index is 12.7. The molecule has 6 heteroatoms. The number of ketones is 1. The first-order valence-corrected chi connectivity index (χ1v) is 15.5. The molecule has 6 nitrogen and oxygen atoms in total. The first-order valence-electron chi connectivity index (χ1n) is 15.5. The van der Waals surface area contributed by atoms with E-state index < -0.39 is 12.1 Å². The van der Waals surface area contributed by atoms with Crippen LogP contribution in [0.5, 0.6) is 5.75 Å². The van der Waals surface area contributed by atoms with Crippen LogP contribution >= 0.6 is 0 Å². The van der Waals surface area contributed by atoms with E-state index in [1.807, 2.05) is 24.4 Å². The van der Waals surface area contributed by atoms with Gasteiger partial charge in [-0.3, -0.25) is 14.6 Å². The van der Waals surface area contributed by atoms with Crippen LogP contribution in [0.25, 0.3) is 11.3 Å². The molecule has 0 saturated heterocycles. The summed E-state index contributed by atoms with van der Waals surface area (Å²) in [4.78, 5) is 42.0. The van der Waals surface area contributed by atoms with Crippen LogP contribution in [0, 0.1) is 0 Å². The van der Waals surface area contributed by atoms with Gasteiger partial charge in [-0.05, 0) is 74.2 Å². The Labute approximate surface area is 250 Å². The van der Waals surface area contributed by atoms with Crippen molar-refractivity contribution in [3.8, 4) is 17.0 Å². The summed E-state index contributed by atoms with van der Waals surface area (Å²) >= 11 is 0. The molecule has 1 aromatic heterocycles. The average molecular weight is 572 g/mol. The number of hydrogen-bond donors (Lipinski definition) is 0. The minimum absolute atomic E-state index is 0.297. The monoisotopic (exact) mass is 571 g/mol. The van der Waals surface area contributed by atoms with Crippen molar-refractivity contribution in [2.45, 2.75) is 104 Å². The maximum absolute atomic E-state index is 12.7. The van der Waals surface area contributed by atoms with Gasteiger partial charge in [0.2, 0.25) is 5.78 Å². The molecule has 0 aliphatic carbocycles. The Morgan fingerprint density at radius 3 is 1.98 bits per heavy atom. The second-order valence-corrected chi connectivity index (χ2v) is 10.9. The van der Waals surface area contributed by atoms with E-state index in [-0.39, 0.29) is 11.8 Å². The molecular weight excluding hydrogens is 526 g/mol. The molecule has 0 aliphatic heterocycles. The van der Waals surface area contributed by atoms with Gasteiger partial charge in [0.15, 0.2) is 6.10 Å². The molecule has 2 aromatic carbocycles. The molecule has 1 heterocycles. The number of aryl methyl sites for hydroxylation is 1. The van der Waals surface area contributed by atoms with Crippen LogP contribution in [0.15, 0.2) is 66.9 Å². The number of benzene rings is 2. The highest BCUT2D eigenvalue weighted by Gasteiger charge is 2.20. The summed E-state index contributed by atoms with van der Waals surface area (Å²) in [5.74, 6) is -0.828. The van der Waals surface area contributed by atoms with Crippen LogP contribution < -0.4 is 4.74 Å². The van der Waals surface area contributed by atoms with Gasteiger partial charge in [0.1, 0.15) is 5.75 Å². The highest BCUT2D eigenvalue weighted by molar-refractivity contribution is 6.00. The number of pyridine rings is 1. The summed E-state index contributed by atoms with van der Waals surface area (Å²) < 4.78 is 10.8. The average Bonchev–Trinajstić information content (AvgIpc) is 3.01. The lowest BCUT2D eigenvalue weighted by Gasteiger charge is -2.13. The zero-order valence-electron chi connectivity index (χ0n) is 25.4. The minimum atomic E-state index is -0.874. The summed E-state index contributed by atoms with van der Waals surface area (Å²) in [6, 6.07) is 17.6. The summed E-state index contributed by atoms with van der Waals surface area (Å²) in [5, 5.41) is 0. The quantitative estimate of drug-likeness (QED) is 0.0656. The van der Waals surface area contributed by atoms with Gasteiger partial charge in [0, 0.05) is 23.7 Å². The van der Waals surface area contributed by atoms with Crippen molar-refractivity contribution >= 4 is 17.7 Å². The third kappa shape index (κ3) is 10.9. The van der Waals surface area contributed by atoms with Crippen LogP contribution in [0.1, 0.15) is 118 Å². The highest BCUT2D eigenvalue weighted by Crippen LogP contribution is 2.21. The lowest BCUT2D eigenvalue weighted by atomic mass is 10.0. The molecule has 3 rings (SSSR count). The van der Waals surface area contributed by atoms with E-state index in [1.165, 1.54) is 44.1 Å². The molecule has 3 aromatic rings. The number of nitrogens with zero attached hydrogens (tertiary/aromatic N) is 1. The fraction of sp³-hybridized carbons (Fsp3) is 0.444.